The van der Waals surface area contributed by atoms with E-state index in [9.17, 15) is 4.79 Å². The maximum Gasteiger partial charge on any atom is 0.227 e. The van der Waals surface area contributed by atoms with Crippen LogP contribution in [0.2, 0.25) is 0 Å². The van der Waals surface area contributed by atoms with E-state index < -0.39 is 0 Å². The standard InChI is InChI=1S/C20H33N3O2/c1-21(2)18-9-7-16(8-10-18)14-20(25)23-12-11-19(22(3)4)17(15-23)6-5-13-24/h7-10,17,19,24H,5-6,11-15H2,1-4H3/t17-,19+/m1/s1. The number of rotatable bonds is 7. The topological polar surface area (TPSA) is 47.0 Å². The number of aliphatic hydroxyl groups excluding tert-OH is 1. The van der Waals surface area contributed by atoms with Crippen molar-refractivity contribution in [1.29, 1.82) is 0 Å². The second-order valence-electron chi connectivity index (χ2n) is 7.52. The molecule has 1 amide bonds. The molecule has 5 heteroatoms. The van der Waals surface area contributed by atoms with Crippen molar-refractivity contribution in [3.05, 3.63) is 29.8 Å². The van der Waals surface area contributed by atoms with Gasteiger partial charge in [-0.2, -0.15) is 0 Å². The molecule has 1 fully saturated rings. The molecule has 0 bridgehead atoms. The molecule has 1 aromatic carbocycles. The summed E-state index contributed by atoms with van der Waals surface area (Å²) in [6, 6.07) is 8.71. The predicted molar refractivity (Wildman–Crippen MR) is 103 cm³/mol. The maximum atomic E-state index is 12.7. The van der Waals surface area contributed by atoms with Crippen LogP contribution in [0.25, 0.3) is 0 Å². The summed E-state index contributed by atoms with van der Waals surface area (Å²) in [7, 11) is 8.25. The summed E-state index contributed by atoms with van der Waals surface area (Å²) in [5, 5.41) is 9.16. The normalized spacial score (nSPS) is 20.8. The van der Waals surface area contributed by atoms with Crippen LogP contribution in [0.4, 0.5) is 5.69 Å². The van der Waals surface area contributed by atoms with E-state index in [4.69, 9.17) is 5.11 Å². The summed E-state index contributed by atoms with van der Waals surface area (Å²) in [5.41, 5.74) is 2.21. The van der Waals surface area contributed by atoms with Gasteiger partial charge < -0.3 is 19.8 Å². The molecule has 0 spiro atoms. The summed E-state index contributed by atoms with van der Waals surface area (Å²) < 4.78 is 0. The molecule has 1 saturated heterocycles. The van der Waals surface area contributed by atoms with Crippen molar-refractivity contribution in [3.8, 4) is 0 Å². The summed E-state index contributed by atoms with van der Waals surface area (Å²) in [6.45, 7) is 1.85. The lowest BCUT2D eigenvalue weighted by atomic mass is 9.87. The molecule has 1 aliphatic heterocycles. The van der Waals surface area contributed by atoms with Crippen molar-refractivity contribution < 1.29 is 9.90 Å². The average Bonchev–Trinajstić information content (AvgIpc) is 2.59. The van der Waals surface area contributed by atoms with Crippen LogP contribution in [-0.4, -0.2) is 74.7 Å². The first-order valence-electron chi connectivity index (χ1n) is 9.23. The Bertz CT molecular complexity index is 542. The quantitative estimate of drug-likeness (QED) is 0.818. The SMILES string of the molecule is CN(C)c1ccc(CC(=O)N2CC[C@H](N(C)C)[C@H](CCCO)C2)cc1. The molecule has 0 radical (unpaired) electrons. The minimum absolute atomic E-state index is 0.212. The number of nitrogens with zero attached hydrogens (tertiary/aromatic N) is 3. The van der Waals surface area contributed by atoms with Gasteiger partial charge in [-0.1, -0.05) is 12.1 Å². The molecule has 1 N–H and O–H groups in total. The van der Waals surface area contributed by atoms with Crippen LogP contribution < -0.4 is 4.90 Å². The first kappa shape index (κ1) is 19.7. The Morgan fingerprint density at radius 1 is 1.20 bits per heavy atom. The van der Waals surface area contributed by atoms with Crippen LogP contribution in [0, 0.1) is 5.92 Å². The van der Waals surface area contributed by atoms with Gasteiger partial charge in [0, 0.05) is 45.5 Å². The number of carbonyl (C=O) groups excluding carboxylic acids is 1. The van der Waals surface area contributed by atoms with Crippen LogP contribution in [0.5, 0.6) is 0 Å². The lowest BCUT2D eigenvalue weighted by Crippen LogP contribution is -2.51. The van der Waals surface area contributed by atoms with Gasteiger partial charge in [0.25, 0.3) is 0 Å². The summed E-state index contributed by atoms with van der Waals surface area (Å²) >= 11 is 0. The van der Waals surface area contributed by atoms with Crippen molar-refractivity contribution in [2.45, 2.75) is 31.7 Å². The third-order valence-corrected chi connectivity index (χ3v) is 5.25. The van der Waals surface area contributed by atoms with Gasteiger partial charge in [0.2, 0.25) is 5.91 Å². The Labute approximate surface area is 152 Å². The number of hydrogen-bond acceptors (Lipinski definition) is 4. The Kier molecular flexibility index (Phi) is 7.26. The van der Waals surface area contributed by atoms with Crippen LogP contribution in [0.15, 0.2) is 24.3 Å². The lowest BCUT2D eigenvalue weighted by Gasteiger charge is -2.41. The van der Waals surface area contributed by atoms with Crippen molar-refractivity contribution in [3.63, 3.8) is 0 Å². The Morgan fingerprint density at radius 3 is 2.44 bits per heavy atom. The van der Waals surface area contributed by atoms with E-state index in [1.54, 1.807) is 0 Å². The number of piperidine rings is 1. The third kappa shape index (κ3) is 5.44. The molecule has 0 aliphatic carbocycles. The van der Waals surface area contributed by atoms with Crippen molar-refractivity contribution in [2.24, 2.45) is 5.92 Å². The van der Waals surface area contributed by atoms with Crippen molar-refractivity contribution in [2.75, 3.05) is 52.8 Å². The Balaban J connectivity index is 1.96. The highest BCUT2D eigenvalue weighted by Gasteiger charge is 2.32. The van der Waals surface area contributed by atoms with E-state index in [1.807, 2.05) is 31.1 Å². The average molecular weight is 348 g/mol. The number of anilines is 1. The first-order chi connectivity index (χ1) is 11.9. The van der Waals surface area contributed by atoms with E-state index in [2.05, 4.69) is 36.0 Å². The minimum atomic E-state index is 0.212. The fourth-order valence-electron chi connectivity index (χ4n) is 3.76. The monoisotopic (exact) mass is 347 g/mol. The highest BCUT2D eigenvalue weighted by Crippen LogP contribution is 2.25. The zero-order valence-electron chi connectivity index (χ0n) is 16.1. The first-order valence-corrected chi connectivity index (χ1v) is 9.23. The van der Waals surface area contributed by atoms with Gasteiger partial charge in [-0.25, -0.2) is 0 Å². The van der Waals surface area contributed by atoms with E-state index in [0.717, 1.165) is 43.6 Å². The van der Waals surface area contributed by atoms with Gasteiger partial charge in [0.1, 0.15) is 0 Å². The third-order valence-electron chi connectivity index (χ3n) is 5.25. The molecule has 0 aromatic heterocycles. The number of likely N-dealkylation sites (tertiary alicyclic amines) is 1. The molecule has 1 heterocycles. The van der Waals surface area contributed by atoms with Crippen molar-refractivity contribution >= 4 is 11.6 Å². The molecule has 0 unspecified atom stereocenters. The zero-order chi connectivity index (χ0) is 18.4. The molecule has 25 heavy (non-hydrogen) atoms. The summed E-state index contributed by atoms with van der Waals surface area (Å²) in [4.78, 5) is 19.1. The van der Waals surface area contributed by atoms with Gasteiger partial charge in [-0.15, -0.1) is 0 Å². The minimum Gasteiger partial charge on any atom is -0.396 e. The van der Waals surface area contributed by atoms with E-state index in [-0.39, 0.29) is 12.5 Å². The fourth-order valence-corrected chi connectivity index (χ4v) is 3.76. The van der Waals surface area contributed by atoms with Crippen LogP contribution >= 0.6 is 0 Å². The summed E-state index contributed by atoms with van der Waals surface area (Å²) in [6.07, 6.45) is 3.26. The maximum absolute atomic E-state index is 12.7. The molecule has 1 aromatic rings. The van der Waals surface area contributed by atoms with Crippen LogP contribution in [-0.2, 0) is 11.2 Å². The second kappa shape index (κ2) is 9.20. The number of aliphatic hydroxyl groups is 1. The largest absolute Gasteiger partial charge is 0.396 e. The molecule has 2 rings (SSSR count). The van der Waals surface area contributed by atoms with E-state index in [1.165, 1.54) is 0 Å². The molecule has 140 valence electrons. The molecule has 2 atom stereocenters. The highest BCUT2D eigenvalue weighted by molar-refractivity contribution is 5.79. The number of benzene rings is 1. The molecular weight excluding hydrogens is 314 g/mol. The zero-order valence-corrected chi connectivity index (χ0v) is 16.1. The van der Waals surface area contributed by atoms with Gasteiger partial charge in [0.05, 0.1) is 6.42 Å². The summed E-state index contributed by atoms with van der Waals surface area (Å²) in [5.74, 6) is 0.653. The smallest absolute Gasteiger partial charge is 0.227 e. The second-order valence-corrected chi connectivity index (χ2v) is 7.52. The Morgan fingerprint density at radius 2 is 1.88 bits per heavy atom. The van der Waals surface area contributed by atoms with E-state index >= 15 is 0 Å². The van der Waals surface area contributed by atoms with Crippen LogP contribution in [0.3, 0.4) is 0 Å². The van der Waals surface area contributed by atoms with Gasteiger partial charge in [-0.3, -0.25) is 4.79 Å². The molecular formula is C20H33N3O2. The Hall–Kier alpha value is -1.59. The van der Waals surface area contributed by atoms with Crippen molar-refractivity contribution in [1.82, 2.24) is 9.80 Å². The van der Waals surface area contributed by atoms with Gasteiger partial charge in [-0.05, 0) is 57.0 Å². The van der Waals surface area contributed by atoms with E-state index in [0.29, 0.717) is 18.4 Å². The molecule has 1 aliphatic rings. The molecule has 0 saturated carbocycles. The number of hydrogen-bond donors (Lipinski definition) is 1. The fraction of sp³-hybridized carbons (Fsp3) is 0.650. The number of amides is 1. The lowest BCUT2D eigenvalue weighted by molar-refractivity contribution is -0.133. The van der Waals surface area contributed by atoms with Crippen LogP contribution in [0.1, 0.15) is 24.8 Å². The molecule has 5 nitrogen and oxygen atoms in total. The predicted octanol–water partition coefficient (Wildman–Crippen LogP) is 1.85. The number of carbonyl (C=O) groups is 1. The van der Waals surface area contributed by atoms with Gasteiger partial charge >= 0.3 is 0 Å². The van der Waals surface area contributed by atoms with Gasteiger partial charge in [0.15, 0.2) is 0 Å². The highest BCUT2D eigenvalue weighted by atomic mass is 16.3.